The highest BCUT2D eigenvalue weighted by atomic mass is 32.2. The molecule has 2 rings (SSSR count). The molecule has 2 N–H and O–H groups in total. The molecule has 0 atom stereocenters. The summed E-state index contributed by atoms with van der Waals surface area (Å²) in [5.74, 6) is 0. The van der Waals surface area contributed by atoms with Crippen LogP contribution in [-0.2, 0) is 6.54 Å². The van der Waals surface area contributed by atoms with Crippen LogP contribution in [0.2, 0.25) is 0 Å². The second-order valence-electron chi connectivity index (χ2n) is 3.90. The van der Waals surface area contributed by atoms with Gasteiger partial charge in [0.1, 0.15) is 4.32 Å². The van der Waals surface area contributed by atoms with Crippen LogP contribution in [0.4, 0.5) is 0 Å². The van der Waals surface area contributed by atoms with Gasteiger partial charge in [0.05, 0.1) is 0 Å². The van der Waals surface area contributed by atoms with Gasteiger partial charge in [-0.1, -0.05) is 42.5 Å². The average molecular weight is 267 g/mol. The third-order valence-electron chi connectivity index (χ3n) is 2.57. The van der Waals surface area contributed by atoms with E-state index < -0.39 is 0 Å². The molecule has 3 nitrogen and oxygen atoms in total. The summed E-state index contributed by atoms with van der Waals surface area (Å²) in [6.45, 7) is 5.01. The minimum absolute atomic E-state index is 0.804. The SMILES string of the molecule is S=C(NCc1ccccc1)SN1CCNCC1. The average Bonchev–Trinajstić information content (AvgIpc) is 2.39. The molecule has 0 unspecified atom stereocenters. The summed E-state index contributed by atoms with van der Waals surface area (Å²) < 4.78 is 3.16. The van der Waals surface area contributed by atoms with Crippen molar-refractivity contribution in [2.24, 2.45) is 0 Å². The summed E-state index contributed by atoms with van der Waals surface area (Å²) in [4.78, 5) is 0. The Bertz CT molecular complexity index is 350. The third-order valence-corrected chi connectivity index (χ3v) is 3.87. The van der Waals surface area contributed by atoms with Gasteiger partial charge >= 0.3 is 0 Å². The number of benzene rings is 1. The Hall–Kier alpha value is -0.620. The number of hydrogen-bond donors (Lipinski definition) is 2. The van der Waals surface area contributed by atoms with Crippen LogP contribution in [0, 0.1) is 0 Å². The van der Waals surface area contributed by atoms with Gasteiger partial charge < -0.3 is 10.6 Å². The lowest BCUT2D eigenvalue weighted by atomic mass is 10.2. The molecule has 5 heteroatoms. The molecule has 0 amide bonds. The molecule has 1 aromatic rings. The first-order valence-corrected chi connectivity index (χ1v) is 6.98. The molecule has 0 saturated carbocycles. The van der Waals surface area contributed by atoms with Gasteiger partial charge in [0.25, 0.3) is 0 Å². The molecule has 1 aliphatic heterocycles. The Labute approximate surface area is 112 Å². The van der Waals surface area contributed by atoms with Crippen molar-refractivity contribution >= 4 is 28.5 Å². The Morgan fingerprint density at radius 1 is 1.29 bits per heavy atom. The molecule has 1 saturated heterocycles. The summed E-state index contributed by atoms with van der Waals surface area (Å²) >= 11 is 6.98. The highest BCUT2D eigenvalue weighted by molar-refractivity contribution is 8.21. The van der Waals surface area contributed by atoms with Crippen molar-refractivity contribution in [1.82, 2.24) is 14.9 Å². The third kappa shape index (κ3) is 4.63. The standard InChI is InChI=1S/C12H17N3S2/c16-12(17-15-8-6-13-7-9-15)14-10-11-4-2-1-3-5-11/h1-5,13H,6-10H2,(H,14,16). The molecule has 0 radical (unpaired) electrons. The van der Waals surface area contributed by atoms with E-state index in [4.69, 9.17) is 12.2 Å². The van der Waals surface area contributed by atoms with Gasteiger partial charge in [0.2, 0.25) is 0 Å². The number of thiocarbonyl (C=S) groups is 1. The zero-order chi connectivity index (χ0) is 11.9. The lowest BCUT2D eigenvalue weighted by Crippen LogP contribution is -2.41. The molecule has 0 bridgehead atoms. The lowest BCUT2D eigenvalue weighted by Gasteiger charge is -2.26. The van der Waals surface area contributed by atoms with Gasteiger partial charge in [-0.25, -0.2) is 4.31 Å². The highest BCUT2D eigenvalue weighted by Gasteiger charge is 2.11. The van der Waals surface area contributed by atoms with Crippen LogP contribution >= 0.6 is 24.2 Å². The van der Waals surface area contributed by atoms with E-state index in [0.717, 1.165) is 37.0 Å². The van der Waals surface area contributed by atoms with Gasteiger partial charge in [-0.05, 0) is 17.5 Å². The van der Waals surface area contributed by atoms with E-state index in [1.165, 1.54) is 5.56 Å². The second-order valence-corrected chi connectivity index (χ2v) is 5.67. The fourth-order valence-electron chi connectivity index (χ4n) is 1.66. The first kappa shape index (κ1) is 12.8. The quantitative estimate of drug-likeness (QED) is 0.641. The number of nitrogens with zero attached hydrogens (tertiary/aromatic N) is 1. The normalized spacial score (nSPS) is 16.7. The summed E-state index contributed by atoms with van der Waals surface area (Å²) in [6.07, 6.45) is 0. The molecule has 0 aliphatic carbocycles. The van der Waals surface area contributed by atoms with Gasteiger partial charge in [-0.3, -0.25) is 0 Å². The van der Waals surface area contributed by atoms with E-state index in [-0.39, 0.29) is 0 Å². The predicted molar refractivity (Wildman–Crippen MR) is 77.9 cm³/mol. The van der Waals surface area contributed by atoms with E-state index in [2.05, 4.69) is 27.1 Å². The molecule has 0 spiro atoms. The van der Waals surface area contributed by atoms with Crippen LogP contribution in [0.5, 0.6) is 0 Å². The van der Waals surface area contributed by atoms with Crippen LogP contribution < -0.4 is 10.6 Å². The molecule has 1 aromatic carbocycles. The molecule has 17 heavy (non-hydrogen) atoms. The lowest BCUT2D eigenvalue weighted by molar-refractivity contribution is 0.398. The smallest absolute Gasteiger partial charge is 0.149 e. The van der Waals surface area contributed by atoms with Crippen molar-refractivity contribution < 1.29 is 0 Å². The van der Waals surface area contributed by atoms with Crippen LogP contribution in [0.25, 0.3) is 0 Å². The van der Waals surface area contributed by atoms with E-state index in [1.54, 1.807) is 11.9 Å². The number of hydrogen-bond acceptors (Lipinski definition) is 4. The van der Waals surface area contributed by atoms with Crippen LogP contribution in [0.15, 0.2) is 30.3 Å². The summed E-state index contributed by atoms with van der Waals surface area (Å²) in [6, 6.07) is 10.3. The Morgan fingerprint density at radius 3 is 2.71 bits per heavy atom. The van der Waals surface area contributed by atoms with Crippen LogP contribution in [0.3, 0.4) is 0 Å². The second kappa shape index (κ2) is 6.96. The van der Waals surface area contributed by atoms with Crippen LogP contribution in [0.1, 0.15) is 5.56 Å². The molecular weight excluding hydrogens is 250 g/mol. The maximum atomic E-state index is 5.32. The Balaban J connectivity index is 1.70. The van der Waals surface area contributed by atoms with E-state index in [1.807, 2.05) is 18.2 Å². The first-order valence-electron chi connectivity index (χ1n) is 5.80. The zero-order valence-electron chi connectivity index (χ0n) is 9.69. The minimum atomic E-state index is 0.804. The minimum Gasteiger partial charge on any atom is -0.366 e. The molecule has 0 aromatic heterocycles. The number of nitrogens with one attached hydrogen (secondary N) is 2. The molecule has 1 fully saturated rings. The zero-order valence-corrected chi connectivity index (χ0v) is 11.3. The summed E-state index contributed by atoms with van der Waals surface area (Å²) in [5, 5.41) is 6.61. The summed E-state index contributed by atoms with van der Waals surface area (Å²) in [7, 11) is 0. The fraction of sp³-hybridized carbons (Fsp3) is 0.417. The predicted octanol–water partition coefficient (Wildman–Crippen LogP) is 1.61. The van der Waals surface area contributed by atoms with E-state index in [9.17, 15) is 0 Å². The van der Waals surface area contributed by atoms with Gasteiger partial charge in [0.15, 0.2) is 0 Å². The Morgan fingerprint density at radius 2 is 2.00 bits per heavy atom. The van der Waals surface area contributed by atoms with Gasteiger partial charge in [-0.15, -0.1) is 0 Å². The van der Waals surface area contributed by atoms with Crippen molar-refractivity contribution in [2.75, 3.05) is 26.2 Å². The number of rotatable bonds is 3. The maximum Gasteiger partial charge on any atom is 0.149 e. The van der Waals surface area contributed by atoms with Crippen molar-refractivity contribution in [3.8, 4) is 0 Å². The van der Waals surface area contributed by atoms with E-state index >= 15 is 0 Å². The van der Waals surface area contributed by atoms with Crippen molar-refractivity contribution in [2.45, 2.75) is 6.54 Å². The monoisotopic (exact) mass is 267 g/mol. The molecule has 1 aliphatic rings. The highest BCUT2D eigenvalue weighted by Crippen LogP contribution is 2.12. The molecular formula is C12H17N3S2. The maximum absolute atomic E-state index is 5.32. The first-order chi connectivity index (χ1) is 8.34. The van der Waals surface area contributed by atoms with Gasteiger partial charge in [-0.2, -0.15) is 0 Å². The topological polar surface area (TPSA) is 27.3 Å². The summed E-state index contributed by atoms with van der Waals surface area (Å²) in [5.41, 5.74) is 1.26. The van der Waals surface area contributed by atoms with E-state index in [0.29, 0.717) is 0 Å². The fourth-order valence-corrected chi connectivity index (χ4v) is 2.78. The van der Waals surface area contributed by atoms with Crippen molar-refractivity contribution in [3.05, 3.63) is 35.9 Å². The van der Waals surface area contributed by atoms with Crippen molar-refractivity contribution in [1.29, 1.82) is 0 Å². The Kier molecular flexibility index (Phi) is 5.25. The molecule has 92 valence electrons. The van der Waals surface area contributed by atoms with Crippen LogP contribution in [-0.4, -0.2) is 34.8 Å². The largest absolute Gasteiger partial charge is 0.366 e. The number of piperazine rings is 1. The van der Waals surface area contributed by atoms with Gasteiger partial charge in [0, 0.05) is 32.7 Å². The molecule has 1 heterocycles. The van der Waals surface area contributed by atoms with Crippen molar-refractivity contribution in [3.63, 3.8) is 0 Å².